The van der Waals surface area contributed by atoms with Gasteiger partial charge in [-0.1, -0.05) is 17.7 Å². The molecule has 12 heteroatoms. The van der Waals surface area contributed by atoms with Gasteiger partial charge >= 0.3 is 6.03 Å². The molecule has 2 aliphatic rings. The van der Waals surface area contributed by atoms with Gasteiger partial charge in [0.25, 0.3) is 10.0 Å². The molecule has 0 radical (unpaired) electrons. The highest BCUT2D eigenvalue weighted by molar-refractivity contribution is 7.90. The molecule has 2 N–H and O–H groups in total. The van der Waals surface area contributed by atoms with Crippen LogP contribution in [0.4, 0.5) is 19.4 Å². The number of anilines is 1. The number of halogens is 2. The minimum atomic E-state index is -4.21. The van der Waals surface area contributed by atoms with Crippen LogP contribution in [0, 0.1) is 18.6 Å². The van der Waals surface area contributed by atoms with E-state index in [1.807, 2.05) is 11.8 Å². The summed E-state index contributed by atoms with van der Waals surface area (Å²) in [4.78, 5) is 23.4. The number of likely N-dealkylation sites (tertiary alicyclic amines) is 1. The van der Waals surface area contributed by atoms with E-state index in [-0.39, 0.29) is 45.2 Å². The zero-order chi connectivity index (χ0) is 29.4. The fraction of sp³-hybridized carbons (Fsp3) is 0.367. The molecule has 1 saturated heterocycles. The van der Waals surface area contributed by atoms with Gasteiger partial charge in [-0.15, -0.1) is 0 Å². The second kappa shape index (κ2) is 11.3. The van der Waals surface area contributed by atoms with E-state index in [1.54, 1.807) is 18.3 Å². The highest BCUT2D eigenvalue weighted by atomic mass is 32.2. The smallest absolute Gasteiger partial charge is 0.317 e. The molecule has 2 atom stereocenters. The number of nitrogens with one attached hydrogen (secondary N) is 2. The van der Waals surface area contributed by atoms with Gasteiger partial charge in [-0.05, 0) is 63.6 Å². The monoisotopic (exact) mass is 594 g/mol. The summed E-state index contributed by atoms with van der Waals surface area (Å²) >= 11 is 0. The highest BCUT2D eigenvalue weighted by Gasteiger charge is 2.28. The van der Waals surface area contributed by atoms with Crippen LogP contribution >= 0.6 is 0 Å². The Labute approximate surface area is 243 Å². The molecule has 4 aromatic rings. The zero-order valence-corrected chi connectivity index (χ0v) is 24.0. The standard InChI is InChI=1S/C30H32F2N6O3S/c1-19-7-9-23(10-8-19)42(40,41)38-18-25(24-13-20(31)14-26(32)29(24)38)27-16-33-17-28(36-27)34-21-5-4-6-22(15-21)35-30(39)37-11-2-3-12-37/h7-10,13-14,16-18,21-22H,2-6,11-12,15H2,1H3,(H,34,36)(H,35,39)/t21-,22+/m1/s1. The van der Waals surface area contributed by atoms with E-state index in [2.05, 4.69) is 20.6 Å². The van der Waals surface area contributed by atoms with Gasteiger partial charge in [0, 0.05) is 48.4 Å². The summed E-state index contributed by atoms with van der Waals surface area (Å²) in [7, 11) is -4.21. The number of nitrogens with zero attached hydrogens (tertiary/aromatic N) is 4. The van der Waals surface area contributed by atoms with Crippen molar-refractivity contribution in [3.63, 3.8) is 0 Å². The third-order valence-corrected chi connectivity index (χ3v) is 9.69. The lowest BCUT2D eigenvalue weighted by Crippen LogP contribution is -2.47. The first-order valence-corrected chi connectivity index (χ1v) is 15.6. The van der Waals surface area contributed by atoms with Gasteiger partial charge in [-0.25, -0.2) is 30.9 Å². The second-order valence-electron chi connectivity index (χ2n) is 11.1. The summed E-state index contributed by atoms with van der Waals surface area (Å²) in [5, 5.41) is 6.62. The van der Waals surface area contributed by atoms with Crippen LogP contribution in [0.5, 0.6) is 0 Å². The molecular formula is C30H32F2N6O3S. The van der Waals surface area contributed by atoms with Crippen molar-refractivity contribution in [3.8, 4) is 11.3 Å². The lowest BCUT2D eigenvalue weighted by Gasteiger charge is -2.31. The number of hydrogen-bond acceptors (Lipinski definition) is 6. The van der Waals surface area contributed by atoms with Gasteiger partial charge in [-0.2, -0.15) is 0 Å². The number of carbonyl (C=O) groups is 1. The molecule has 0 spiro atoms. The Balaban J connectivity index is 1.29. The van der Waals surface area contributed by atoms with Crippen molar-refractivity contribution in [2.24, 2.45) is 0 Å². The van der Waals surface area contributed by atoms with E-state index in [0.717, 1.165) is 67.2 Å². The summed E-state index contributed by atoms with van der Waals surface area (Å²) in [6.07, 6.45) is 9.75. The Morgan fingerprint density at radius 2 is 1.74 bits per heavy atom. The van der Waals surface area contributed by atoms with Crippen molar-refractivity contribution in [2.45, 2.75) is 62.4 Å². The molecule has 0 bridgehead atoms. The number of urea groups is 1. The van der Waals surface area contributed by atoms with Crippen LogP contribution in [0.3, 0.4) is 0 Å². The van der Waals surface area contributed by atoms with Crippen LogP contribution in [0.15, 0.2) is 59.9 Å². The molecule has 1 saturated carbocycles. The molecule has 2 amide bonds. The first kappa shape index (κ1) is 28.1. The molecule has 0 unspecified atom stereocenters. The molecule has 42 heavy (non-hydrogen) atoms. The average Bonchev–Trinajstić information content (AvgIpc) is 3.63. The number of hydrogen-bond donors (Lipinski definition) is 2. The minimum Gasteiger partial charge on any atom is -0.366 e. The van der Waals surface area contributed by atoms with Crippen molar-refractivity contribution in [3.05, 3.63) is 72.2 Å². The maximum atomic E-state index is 15.2. The Morgan fingerprint density at radius 1 is 1.00 bits per heavy atom. The van der Waals surface area contributed by atoms with E-state index >= 15 is 4.39 Å². The van der Waals surface area contributed by atoms with Crippen molar-refractivity contribution in [1.82, 2.24) is 24.2 Å². The molecule has 2 aromatic heterocycles. The van der Waals surface area contributed by atoms with Crippen LogP contribution < -0.4 is 10.6 Å². The fourth-order valence-electron chi connectivity index (χ4n) is 5.88. The van der Waals surface area contributed by atoms with E-state index in [9.17, 15) is 17.6 Å². The van der Waals surface area contributed by atoms with E-state index in [1.165, 1.54) is 24.5 Å². The number of amides is 2. The number of rotatable bonds is 6. The third-order valence-electron chi connectivity index (χ3n) is 8.02. The quantitative estimate of drug-likeness (QED) is 0.307. The molecule has 1 aliphatic heterocycles. The third kappa shape index (κ3) is 5.55. The number of aromatic nitrogens is 3. The molecule has 6 rings (SSSR count). The average molecular weight is 595 g/mol. The van der Waals surface area contributed by atoms with Crippen LogP contribution in [-0.2, 0) is 10.0 Å². The van der Waals surface area contributed by atoms with Gasteiger partial charge < -0.3 is 15.5 Å². The summed E-state index contributed by atoms with van der Waals surface area (Å²) in [6, 6.07) is 8.04. The lowest BCUT2D eigenvalue weighted by molar-refractivity contribution is 0.200. The SMILES string of the molecule is Cc1ccc(S(=O)(=O)n2cc(-c3cncc(N[C@@H]4CCC[C@H](NC(=O)N5CCCC5)C4)n3)c3cc(F)cc(F)c32)cc1. The van der Waals surface area contributed by atoms with E-state index in [4.69, 9.17) is 0 Å². The number of aryl methyl sites for hydroxylation is 1. The van der Waals surface area contributed by atoms with Gasteiger partial charge in [0.1, 0.15) is 17.2 Å². The van der Waals surface area contributed by atoms with Crippen LogP contribution in [0.1, 0.15) is 44.1 Å². The van der Waals surface area contributed by atoms with Crippen molar-refractivity contribution in [2.75, 3.05) is 18.4 Å². The highest BCUT2D eigenvalue weighted by Crippen LogP contribution is 2.35. The van der Waals surface area contributed by atoms with Crippen LogP contribution in [-0.4, -0.2) is 58.5 Å². The maximum Gasteiger partial charge on any atom is 0.317 e. The Hall–Kier alpha value is -4.06. The lowest BCUT2D eigenvalue weighted by atomic mass is 9.91. The zero-order valence-electron chi connectivity index (χ0n) is 23.2. The topological polar surface area (TPSA) is 109 Å². The summed E-state index contributed by atoms with van der Waals surface area (Å²) in [5.74, 6) is -1.39. The predicted molar refractivity (Wildman–Crippen MR) is 156 cm³/mol. The molecule has 220 valence electrons. The van der Waals surface area contributed by atoms with Gasteiger partial charge in [-0.3, -0.25) is 4.98 Å². The molecule has 1 aliphatic carbocycles. The summed E-state index contributed by atoms with van der Waals surface area (Å²) < 4.78 is 57.6. The minimum absolute atomic E-state index is 0.0172. The van der Waals surface area contributed by atoms with Crippen molar-refractivity contribution < 1.29 is 22.0 Å². The fourth-order valence-corrected chi connectivity index (χ4v) is 7.25. The van der Waals surface area contributed by atoms with Crippen molar-refractivity contribution in [1.29, 1.82) is 0 Å². The molecule has 9 nitrogen and oxygen atoms in total. The summed E-state index contributed by atoms with van der Waals surface area (Å²) in [5.41, 5.74) is 1.10. The first-order chi connectivity index (χ1) is 20.2. The van der Waals surface area contributed by atoms with E-state index in [0.29, 0.717) is 11.9 Å². The summed E-state index contributed by atoms with van der Waals surface area (Å²) in [6.45, 7) is 3.41. The van der Waals surface area contributed by atoms with Gasteiger partial charge in [0.05, 0.1) is 23.0 Å². The maximum absolute atomic E-state index is 15.2. The largest absolute Gasteiger partial charge is 0.366 e. The first-order valence-electron chi connectivity index (χ1n) is 14.2. The Bertz CT molecular complexity index is 1740. The van der Waals surface area contributed by atoms with Crippen molar-refractivity contribution >= 4 is 32.8 Å². The van der Waals surface area contributed by atoms with Crippen LogP contribution in [0.2, 0.25) is 0 Å². The number of benzene rings is 2. The van der Waals surface area contributed by atoms with E-state index < -0.39 is 21.7 Å². The normalized spacial score (nSPS) is 19.3. The molecule has 3 heterocycles. The number of fused-ring (bicyclic) bond motifs is 1. The molecular weight excluding hydrogens is 562 g/mol. The van der Waals surface area contributed by atoms with Gasteiger partial charge in [0.15, 0.2) is 5.82 Å². The molecule has 2 fully saturated rings. The molecule has 2 aromatic carbocycles. The number of carbonyl (C=O) groups excluding carboxylic acids is 1. The Kier molecular flexibility index (Phi) is 7.56. The second-order valence-corrected chi connectivity index (χ2v) is 12.9. The Morgan fingerprint density at radius 3 is 2.50 bits per heavy atom. The predicted octanol–water partition coefficient (Wildman–Crippen LogP) is 5.45. The van der Waals surface area contributed by atoms with Crippen LogP contribution in [0.25, 0.3) is 22.2 Å². The van der Waals surface area contributed by atoms with Gasteiger partial charge in [0.2, 0.25) is 0 Å².